The van der Waals surface area contributed by atoms with Gasteiger partial charge < -0.3 is 15.4 Å². The predicted octanol–water partition coefficient (Wildman–Crippen LogP) is 0.758. The molecule has 0 saturated heterocycles. The molecule has 0 radical (unpaired) electrons. The number of halogens is 1. The van der Waals surface area contributed by atoms with Crippen molar-refractivity contribution in [3.8, 4) is 0 Å². The Balaban J connectivity index is 2.25. The average Bonchev–Trinajstić information content (AvgIpc) is 2.46. The van der Waals surface area contributed by atoms with Crippen LogP contribution in [0.2, 0.25) is 5.02 Å². The molecule has 2 amide bonds. The van der Waals surface area contributed by atoms with Crippen LogP contribution in [0.15, 0.2) is 18.3 Å². The number of nitrogens with zero attached hydrogens (tertiary/aromatic N) is 2. The van der Waals surface area contributed by atoms with E-state index in [1.807, 2.05) is 0 Å². The summed E-state index contributed by atoms with van der Waals surface area (Å²) in [5, 5.41) is 5.89. The van der Waals surface area contributed by atoms with Crippen LogP contribution >= 0.6 is 11.6 Å². The molecule has 2 N–H and O–H groups in total. The van der Waals surface area contributed by atoms with E-state index in [4.69, 9.17) is 16.3 Å². The number of rotatable bonds is 9. The number of carbonyl (C=O) groups is 2. The number of carbonyl (C=O) groups excluding carboxylic acids is 2. The maximum absolute atomic E-state index is 11.8. The minimum Gasteiger partial charge on any atom is -0.385 e. The number of amides is 2. The van der Waals surface area contributed by atoms with Gasteiger partial charge in [0.05, 0.1) is 18.1 Å². The Labute approximate surface area is 135 Å². The van der Waals surface area contributed by atoms with Gasteiger partial charge in [-0.15, -0.1) is 0 Å². The molecule has 7 nitrogen and oxygen atoms in total. The van der Waals surface area contributed by atoms with Crippen LogP contribution in [0.1, 0.15) is 6.42 Å². The Morgan fingerprint density at radius 1 is 1.32 bits per heavy atom. The van der Waals surface area contributed by atoms with Gasteiger partial charge in [0, 0.05) is 26.5 Å². The van der Waals surface area contributed by atoms with E-state index in [0.29, 0.717) is 24.0 Å². The van der Waals surface area contributed by atoms with Crippen molar-refractivity contribution in [3.63, 3.8) is 0 Å². The van der Waals surface area contributed by atoms with Crippen LogP contribution in [-0.2, 0) is 14.3 Å². The van der Waals surface area contributed by atoms with Crippen molar-refractivity contribution in [2.24, 2.45) is 0 Å². The van der Waals surface area contributed by atoms with Crippen LogP contribution in [0, 0.1) is 0 Å². The second-order valence-electron chi connectivity index (χ2n) is 4.78. The number of methoxy groups -OCH3 is 1. The molecule has 0 spiro atoms. The number of pyridine rings is 1. The predicted molar refractivity (Wildman–Crippen MR) is 84.9 cm³/mol. The van der Waals surface area contributed by atoms with Crippen LogP contribution in [0.25, 0.3) is 0 Å². The highest BCUT2D eigenvalue weighted by Crippen LogP contribution is 2.09. The van der Waals surface area contributed by atoms with Crippen LogP contribution in [0.4, 0.5) is 5.82 Å². The van der Waals surface area contributed by atoms with Gasteiger partial charge in [-0.1, -0.05) is 11.6 Å². The van der Waals surface area contributed by atoms with Crippen molar-refractivity contribution < 1.29 is 14.3 Å². The van der Waals surface area contributed by atoms with E-state index >= 15 is 0 Å². The molecule has 1 rings (SSSR count). The molecule has 1 aromatic rings. The molecule has 122 valence electrons. The van der Waals surface area contributed by atoms with Gasteiger partial charge in [0.15, 0.2) is 0 Å². The molecule has 0 saturated carbocycles. The highest BCUT2D eigenvalue weighted by Gasteiger charge is 2.11. The molecule has 1 heterocycles. The third-order valence-corrected chi connectivity index (χ3v) is 2.89. The summed E-state index contributed by atoms with van der Waals surface area (Å²) in [5.41, 5.74) is 0. The molecule has 0 aliphatic carbocycles. The molecule has 1 aromatic heterocycles. The lowest BCUT2D eigenvalue weighted by Crippen LogP contribution is -2.39. The summed E-state index contributed by atoms with van der Waals surface area (Å²) in [4.78, 5) is 29.0. The second kappa shape index (κ2) is 10.1. The largest absolute Gasteiger partial charge is 0.385 e. The Bertz CT molecular complexity index is 481. The quantitative estimate of drug-likeness (QED) is 0.654. The molecule has 0 unspecified atom stereocenters. The lowest BCUT2D eigenvalue weighted by molar-refractivity contribution is -0.123. The van der Waals surface area contributed by atoms with Gasteiger partial charge in [-0.3, -0.25) is 14.5 Å². The average molecular weight is 329 g/mol. The van der Waals surface area contributed by atoms with Gasteiger partial charge in [-0.25, -0.2) is 4.98 Å². The van der Waals surface area contributed by atoms with E-state index in [0.717, 1.165) is 6.42 Å². The lowest BCUT2D eigenvalue weighted by Gasteiger charge is -2.15. The Morgan fingerprint density at radius 2 is 2.05 bits per heavy atom. The first-order valence-electron chi connectivity index (χ1n) is 6.87. The Morgan fingerprint density at radius 3 is 2.68 bits per heavy atom. The molecule has 0 aliphatic rings. The summed E-state index contributed by atoms with van der Waals surface area (Å²) in [6.45, 7) is 1.40. The fourth-order valence-corrected chi connectivity index (χ4v) is 1.79. The summed E-state index contributed by atoms with van der Waals surface area (Å²) in [6, 6.07) is 3.25. The molecule has 22 heavy (non-hydrogen) atoms. The van der Waals surface area contributed by atoms with Crippen LogP contribution < -0.4 is 10.6 Å². The normalized spacial score (nSPS) is 10.5. The molecule has 0 atom stereocenters. The summed E-state index contributed by atoms with van der Waals surface area (Å²) in [6.07, 6.45) is 2.21. The topological polar surface area (TPSA) is 83.6 Å². The van der Waals surface area contributed by atoms with Gasteiger partial charge in [-0.05, 0) is 25.6 Å². The molecular weight excluding hydrogens is 308 g/mol. The van der Waals surface area contributed by atoms with Crippen LogP contribution in [0.5, 0.6) is 0 Å². The van der Waals surface area contributed by atoms with Crippen LogP contribution in [0.3, 0.4) is 0 Å². The second-order valence-corrected chi connectivity index (χ2v) is 5.21. The van der Waals surface area contributed by atoms with E-state index in [-0.39, 0.29) is 24.9 Å². The summed E-state index contributed by atoms with van der Waals surface area (Å²) >= 11 is 5.72. The molecule has 0 aromatic carbocycles. The minimum atomic E-state index is -0.246. The Kier molecular flexibility index (Phi) is 8.42. The zero-order valence-electron chi connectivity index (χ0n) is 12.8. The zero-order valence-corrected chi connectivity index (χ0v) is 13.5. The fourth-order valence-electron chi connectivity index (χ4n) is 1.68. The number of hydrogen-bond donors (Lipinski definition) is 2. The van der Waals surface area contributed by atoms with E-state index in [9.17, 15) is 9.59 Å². The molecule has 0 bridgehead atoms. The van der Waals surface area contributed by atoms with Crippen molar-refractivity contribution >= 4 is 29.2 Å². The van der Waals surface area contributed by atoms with E-state index in [1.54, 1.807) is 31.2 Å². The minimum absolute atomic E-state index is 0.0931. The first kappa shape index (κ1) is 18.3. The maximum atomic E-state index is 11.8. The van der Waals surface area contributed by atoms with Gasteiger partial charge in [0.1, 0.15) is 5.82 Å². The smallest absolute Gasteiger partial charge is 0.239 e. The van der Waals surface area contributed by atoms with Crippen molar-refractivity contribution in [3.05, 3.63) is 23.4 Å². The standard InChI is InChI=1S/C14H21ClN4O3/c1-19(9-13(20)16-6-3-7-22-2)10-14(21)18-12-5-4-11(15)8-17-12/h4-5,8H,3,6-7,9-10H2,1-2H3,(H,16,20)(H,17,18,21). The highest BCUT2D eigenvalue weighted by molar-refractivity contribution is 6.30. The zero-order chi connectivity index (χ0) is 16.4. The molecular formula is C14H21ClN4O3. The maximum Gasteiger partial charge on any atom is 0.239 e. The van der Waals surface area contributed by atoms with Crippen molar-refractivity contribution in [1.82, 2.24) is 15.2 Å². The monoisotopic (exact) mass is 328 g/mol. The number of ether oxygens (including phenoxy) is 1. The lowest BCUT2D eigenvalue weighted by atomic mass is 10.4. The van der Waals surface area contributed by atoms with Crippen molar-refractivity contribution in [1.29, 1.82) is 0 Å². The Hall–Kier alpha value is -1.70. The highest BCUT2D eigenvalue weighted by atomic mass is 35.5. The fraction of sp³-hybridized carbons (Fsp3) is 0.500. The summed E-state index contributed by atoms with van der Waals surface area (Å²) in [5.74, 6) is 0.0485. The number of hydrogen-bond acceptors (Lipinski definition) is 5. The third kappa shape index (κ3) is 7.92. The van der Waals surface area contributed by atoms with Crippen molar-refractivity contribution in [2.75, 3.05) is 45.7 Å². The third-order valence-electron chi connectivity index (χ3n) is 2.67. The number of likely N-dealkylation sites (N-methyl/N-ethyl adjacent to an activating group) is 1. The van der Waals surface area contributed by atoms with Crippen LogP contribution in [-0.4, -0.2) is 62.1 Å². The summed E-state index contributed by atoms with van der Waals surface area (Å²) in [7, 11) is 3.31. The first-order chi connectivity index (χ1) is 10.5. The van der Waals surface area contributed by atoms with Gasteiger partial charge in [0.25, 0.3) is 0 Å². The molecule has 8 heteroatoms. The van der Waals surface area contributed by atoms with Crippen molar-refractivity contribution in [2.45, 2.75) is 6.42 Å². The molecule has 0 aliphatic heterocycles. The first-order valence-corrected chi connectivity index (χ1v) is 7.24. The van der Waals surface area contributed by atoms with E-state index in [2.05, 4.69) is 15.6 Å². The van der Waals surface area contributed by atoms with Gasteiger partial charge in [0.2, 0.25) is 11.8 Å². The van der Waals surface area contributed by atoms with Gasteiger partial charge >= 0.3 is 0 Å². The van der Waals surface area contributed by atoms with Gasteiger partial charge in [-0.2, -0.15) is 0 Å². The SMILES string of the molecule is COCCCNC(=O)CN(C)CC(=O)Nc1ccc(Cl)cn1. The van der Waals surface area contributed by atoms with E-state index in [1.165, 1.54) is 6.20 Å². The number of nitrogens with one attached hydrogen (secondary N) is 2. The van der Waals surface area contributed by atoms with E-state index < -0.39 is 0 Å². The molecule has 0 fully saturated rings. The number of aromatic nitrogens is 1. The number of anilines is 1. The summed E-state index contributed by atoms with van der Waals surface area (Å²) < 4.78 is 4.89.